The molecule has 152 valence electrons. The largest absolute Gasteiger partial charge is 0.506 e. The normalized spacial score (nSPS) is 29.5. The highest BCUT2D eigenvalue weighted by atomic mass is 35.5. The number of piperidine rings is 2. The van der Waals surface area contributed by atoms with Crippen LogP contribution in [0, 0.1) is 0 Å². The van der Waals surface area contributed by atoms with E-state index < -0.39 is 0 Å². The Morgan fingerprint density at radius 1 is 1.18 bits per heavy atom. The van der Waals surface area contributed by atoms with E-state index in [-0.39, 0.29) is 53.2 Å². The quantitative estimate of drug-likeness (QED) is 0.805. The topological polar surface area (TPSA) is 78.9 Å². The van der Waals surface area contributed by atoms with E-state index in [0.717, 1.165) is 50.5 Å². The number of aromatic hydroxyl groups is 1. The fraction of sp³-hybridized carbons (Fsp3) is 0.619. The highest BCUT2D eigenvalue weighted by Crippen LogP contribution is 2.35. The molecule has 3 aliphatic rings. The minimum absolute atomic E-state index is 0.0157. The summed E-state index contributed by atoms with van der Waals surface area (Å²) in [6.45, 7) is 0.680. The van der Waals surface area contributed by atoms with Gasteiger partial charge >= 0.3 is 0 Å². The summed E-state index contributed by atoms with van der Waals surface area (Å²) in [5.74, 6) is 0.112. The molecule has 6 nitrogen and oxygen atoms in total. The third kappa shape index (κ3) is 4.13. The molecule has 2 bridgehead atoms. The number of phenolic OH excluding ortho intramolecular Hbond substituents is 1. The molecule has 3 heterocycles. The van der Waals surface area contributed by atoms with Crippen molar-refractivity contribution < 1.29 is 19.4 Å². The van der Waals surface area contributed by atoms with Crippen LogP contribution in [0.25, 0.3) is 0 Å². The van der Waals surface area contributed by atoms with Gasteiger partial charge in [0.25, 0.3) is 5.91 Å². The molecule has 3 aliphatic heterocycles. The van der Waals surface area contributed by atoms with Crippen molar-refractivity contribution in [1.82, 2.24) is 10.2 Å². The van der Waals surface area contributed by atoms with Crippen LogP contribution in [0.5, 0.6) is 5.75 Å². The Labute approximate surface area is 170 Å². The first-order valence-electron chi connectivity index (χ1n) is 10.2. The lowest BCUT2D eigenvalue weighted by molar-refractivity contribution is -0.151. The molecule has 4 rings (SSSR count). The highest BCUT2D eigenvalue weighted by molar-refractivity contribution is 6.32. The smallest absolute Gasteiger partial charge is 0.252 e. The molecule has 1 aromatic carbocycles. The van der Waals surface area contributed by atoms with Crippen molar-refractivity contribution in [3.05, 3.63) is 28.8 Å². The lowest BCUT2D eigenvalue weighted by Gasteiger charge is -2.49. The van der Waals surface area contributed by atoms with Crippen LogP contribution >= 0.6 is 11.6 Å². The van der Waals surface area contributed by atoms with Crippen LogP contribution in [0.3, 0.4) is 0 Å². The summed E-state index contributed by atoms with van der Waals surface area (Å²) >= 11 is 5.92. The molecule has 1 aromatic rings. The van der Waals surface area contributed by atoms with Crippen molar-refractivity contribution in [3.8, 4) is 5.75 Å². The van der Waals surface area contributed by atoms with Crippen LogP contribution in [0.1, 0.15) is 50.5 Å². The molecule has 4 atom stereocenters. The highest BCUT2D eigenvalue weighted by Gasteiger charge is 2.43. The van der Waals surface area contributed by atoms with Gasteiger partial charge < -0.3 is 20.1 Å². The Hall–Kier alpha value is -1.79. The number of rotatable bonds is 4. The Bertz CT molecular complexity index is 736. The van der Waals surface area contributed by atoms with E-state index in [4.69, 9.17) is 16.3 Å². The number of carbonyl (C=O) groups excluding carboxylic acids is 2. The number of hydrogen-bond donors (Lipinski definition) is 2. The summed E-state index contributed by atoms with van der Waals surface area (Å²) in [7, 11) is 0. The van der Waals surface area contributed by atoms with Gasteiger partial charge in [0.15, 0.2) is 0 Å². The number of nitrogens with one attached hydrogen (secondary N) is 1. The summed E-state index contributed by atoms with van der Waals surface area (Å²) in [4.78, 5) is 27.5. The molecule has 2 N–H and O–H groups in total. The fourth-order valence-corrected chi connectivity index (χ4v) is 5.13. The van der Waals surface area contributed by atoms with E-state index in [2.05, 4.69) is 10.2 Å². The maximum Gasteiger partial charge on any atom is 0.252 e. The maximum absolute atomic E-state index is 12.9. The average molecular weight is 407 g/mol. The van der Waals surface area contributed by atoms with Crippen molar-refractivity contribution in [3.63, 3.8) is 0 Å². The van der Waals surface area contributed by atoms with Gasteiger partial charge in [0, 0.05) is 24.7 Å². The molecule has 28 heavy (non-hydrogen) atoms. The molecule has 2 amide bonds. The Morgan fingerprint density at radius 2 is 1.93 bits per heavy atom. The minimum Gasteiger partial charge on any atom is -0.506 e. The monoisotopic (exact) mass is 406 g/mol. The Kier molecular flexibility index (Phi) is 5.78. The Morgan fingerprint density at radius 3 is 2.57 bits per heavy atom. The molecule has 0 radical (unpaired) electrons. The number of nitrogens with zero attached hydrogens (tertiary/aromatic N) is 1. The van der Waals surface area contributed by atoms with Gasteiger partial charge in [-0.25, -0.2) is 0 Å². The molecular weight excluding hydrogens is 380 g/mol. The van der Waals surface area contributed by atoms with Crippen LogP contribution < -0.4 is 5.32 Å². The minimum atomic E-state index is -0.270. The van der Waals surface area contributed by atoms with E-state index in [0.29, 0.717) is 6.61 Å². The van der Waals surface area contributed by atoms with Crippen LogP contribution in [-0.4, -0.2) is 52.7 Å². The second-order valence-electron chi connectivity index (χ2n) is 8.18. The van der Waals surface area contributed by atoms with Crippen molar-refractivity contribution in [1.29, 1.82) is 0 Å². The molecule has 7 heteroatoms. The molecule has 3 fully saturated rings. The molecule has 2 unspecified atom stereocenters. The van der Waals surface area contributed by atoms with Gasteiger partial charge in [-0.1, -0.05) is 17.7 Å². The second-order valence-corrected chi connectivity index (χ2v) is 8.59. The van der Waals surface area contributed by atoms with Gasteiger partial charge in [-0.15, -0.1) is 0 Å². The number of phenols is 1. The van der Waals surface area contributed by atoms with Crippen molar-refractivity contribution in [2.75, 3.05) is 6.61 Å². The van der Waals surface area contributed by atoms with E-state index in [9.17, 15) is 14.7 Å². The third-order valence-electron chi connectivity index (χ3n) is 6.18. The van der Waals surface area contributed by atoms with Crippen LogP contribution in [0.15, 0.2) is 18.2 Å². The van der Waals surface area contributed by atoms with Gasteiger partial charge in [0.05, 0.1) is 11.4 Å². The summed E-state index contributed by atoms with van der Waals surface area (Å²) < 4.78 is 5.62. The van der Waals surface area contributed by atoms with Crippen molar-refractivity contribution in [2.24, 2.45) is 0 Å². The van der Waals surface area contributed by atoms with E-state index >= 15 is 0 Å². The van der Waals surface area contributed by atoms with E-state index in [1.54, 1.807) is 12.1 Å². The van der Waals surface area contributed by atoms with Gasteiger partial charge in [-0.05, 0) is 62.6 Å². The van der Waals surface area contributed by atoms with E-state index in [1.165, 1.54) is 6.07 Å². The summed E-state index contributed by atoms with van der Waals surface area (Å²) in [5, 5.41) is 12.9. The summed E-state index contributed by atoms with van der Waals surface area (Å²) in [5.41, 5.74) is 0.770. The molecular formula is C21H27ClN2O4. The molecule has 0 aliphatic carbocycles. The molecule has 3 saturated heterocycles. The first kappa shape index (κ1) is 19.5. The predicted molar refractivity (Wildman–Crippen MR) is 105 cm³/mol. The summed E-state index contributed by atoms with van der Waals surface area (Å²) in [6.07, 6.45) is 6.47. The molecule has 0 saturated carbocycles. The third-order valence-corrected chi connectivity index (χ3v) is 6.48. The number of amides is 2. The predicted octanol–water partition coefficient (Wildman–Crippen LogP) is 2.80. The zero-order chi connectivity index (χ0) is 19.7. The van der Waals surface area contributed by atoms with Crippen molar-refractivity contribution in [2.45, 2.75) is 75.6 Å². The SMILES string of the molecule is O=C(Cc1ccc(O)c(Cl)c1)NC1C[C@H]2CCC[C@@H](C1)N2C(=O)C1CCCO1. The maximum atomic E-state index is 12.9. The van der Waals surface area contributed by atoms with Gasteiger partial charge in [-0.3, -0.25) is 9.59 Å². The first-order valence-corrected chi connectivity index (χ1v) is 10.6. The second kappa shape index (κ2) is 8.29. The Balaban J connectivity index is 1.36. The van der Waals surface area contributed by atoms with Gasteiger partial charge in [0.1, 0.15) is 11.9 Å². The van der Waals surface area contributed by atoms with E-state index in [1.807, 2.05) is 0 Å². The van der Waals surface area contributed by atoms with Gasteiger partial charge in [0.2, 0.25) is 5.91 Å². The zero-order valence-corrected chi connectivity index (χ0v) is 16.7. The zero-order valence-electron chi connectivity index (χ0n) is 15.9. The van der Waals surface area contributed by atoms with Crippen LogP contribution in [0.2, 0.25) is 5.02 Å². The summed E-state index contributed by atoms with van der Waals surface area (Å²) in [6, 6.07) is 5.30. The number of hydrogen-bond acceptors (Lipinski definition) is 4. The number of ether oxygens (including phenoxy) is 1. The standard InChI is InChI=1S/C21H27ClN2O4/c22-17-9-13(6-7-18(17)25)10-20(26)23-14-11-15-3-1-4-16(12-14)24(15)21(27)19-5-2-8-28-19/h6-7,9,14-16,19,25H,1-5,8,10-12H2,(H,23,26)/t14?,15-,16+,19?. The number of halogens is 1. The average Bonchev–Trinajstić information content (AvgIpc) is 3.18. The van der Waals surface area contributed by atoms with Gasteiger partial charge in [-0.2, -0.15) is 0 Å². The first-order chi connectivity index (χ1) is 13.5. The number of benzene rings is 1. The number of carbonyl (C=O) groups is 2. The fourth-order valence-electron chi connectivity index (χ4n) is 4.92. The van der Waals surface area contributed by atoms with Crippen LogP contribution in [0.4, 0.5) is 0 Å². The molecule has 0 aromatic heterocycles. The number of fused-ring (bicyclic) bond motifs is 2. The lowest BCUT2D eigenvalue weighted by Crippen LogP contribution is -2.60. The van der Waals surface area contributed by atoms with Crippen LogP contribution in [-0.2, 0) is 20.7 Å². The lowest BCUT2D eigenvalue weighted by atomic mass is 9.81. The van der Waals surface area contributed by atoms with Crippen molar-refractivity contribution >= 4 is 23.4 Å². The molecule has 0 spiro atoms.